The Balaban J connectivity index is 2.38. The van der Waals surface area contributed by atoms with Crippen molar-refractivity contribution >= 4 is 5.78 Å². The van der Waals surface area contributed by atoms with Gasteiger partial charge in [-0.1, -0.05) is 30.3 Å². The molecule has 1 unspecified atom stereocenters. The summed E-state index contributed by atoms with van der Waals surface area (Å²) in [6.45, 7) is 1.34. The van der Waals surface area contributed by atoms with Crippen LogP contribution in [0.3, 0.4) is 0 Å². The fraction of sp³-hybridized carbons (Fsp3) is 0.400. The van der Waals surface area contributed by atoms with Gasteiger partial charge in [0.15, 0.2) is 5.78 Å². The molecule has 0 aliphatic rings. The van der Waals surface area contributed by atoms with Crippen LogP contribution in [0.5, 0.6) is 0 Å². The van der Waals surface area contributed by atoms with Gasteiger partial charge in [-0.05, 0) is 12.6 Å². The molecule has 0 bridgehead atoms. The van der Waals surface area contributed by atoms with E-state index in [0.29, 0.717) is 19.4 Å². The maximum absolute atomic E-state index is 11.6. The van der Waals surface area contributed by atoms with Crippen molar-refractivity contribution in [2.24, 2.45) is 5.73 Å². The second-order valence-electron chi connectivity index (χ2n) is 4.46. The molecule has 0 aromatic heterocycles. The van der Waals surface area contributed by atoms with Gasteiger partial charge in [-0.3, -0.25) is 4.79 Å². The molecule has 0 saturated carbocycles. The van der Waals surface area contributed by atoms with Gasteiger partial charge >= 0.3 is 0 Å². The van der Waals surface area contributed by atoms with Gasteiger partial charge in [0, 0.05) is 25.9 Å². The molecule has 0 amide bonds. The second-order valence-corrected chi connectivity index (χ2v) is 4.46. The maximum atomic E-state index is 11.6. The van der Waals surface area contributed by atoms with Crippen LogP contribution in [0, 0.1) is 12.3 Å². The van der Waals surface area contributed by atoms with Gasteiger partial charge in [0.2, 0.25) is 0 Å². The number of nitrogens with two attached hydrogens (primary N) is 1. The van der Waals surface area contributed by atoms with Crippen LogP contribution in [0.2, 0.25) is 0 Å². The van der Waals surface area contributed by atoms with Crippen molar-refractivity contribution in [2.45, 2.75) is 25.4 Å². The van der Waals surface area contributed by atoms with E-state index < -0.39 is 6.04 Å². The number of ketones is 1. The van der Waals surface area contributed by atoms with E-state index in [1.165, 1.54) is 5.56 Å². The van der Waals surface area contributed by atoms with Crippen LogP contribution in [0.1, 0.15) is 18.4 Å². The highest BCUT2D eigenvalue weighted by molar-refractivity contribution is 5.84. The number of hydrogen-bond acceptors (Lipinski definition) is 3. The predicted octanol–water partition coefficient (Wildman–Crippen LogP) is 1.43. The molecule has 3 nitrogen and oxygen atoms in total. The molecular weight excluding hydrogens is 224 g/mol. The van der Waals surface area contributed by atoms with E-state index in [0.717, 1.165) is 6.54 Å². The van der Waals surface area contributed by atoms with E-state index >= 15 is 0 Å². The van der Waals surface area contributed by atoms with Gasteiger partial charge in [0.05, 0.1) is 6.04 Å². The molecule has 96 valence electrons. The molecule has 3 heteroatoms. The topological polar surface area (TPSA) is 46.3 Å². The molecule has 0 heterocycles. The van der Waals surface area contributed by atoms with Gasteiger partial charge in [0.25, 0.3) is 0 Å². The Morgan fingerprint density at radius 1 is 1.44 bits per heavy atom. The highest BCUT2D eigenvalue weighted by Crippen LogP contribution is 2.03. The zero-order valence-corrected chi connectivity index (χ0v) is 10.8. The summed E-state index contributed by atoms with van der Waals surface area (Å²) in [5.74, 6) is 2.49. The zero-order chi connectivity index (χ0) is 13.4. The summed E-state index contributed by atoms with van der Waals surface area (Å²) in [4.78, 5) is 13.7. The van der Waals surface area contributed by atoms with E-state index in [1.807, 2.05) is 30.1 Å². The van der Waals surface area contributed by atoms with Crippen LogP contribution in [0.15, 0.2) is 30.3 Å². The lowest BCUT2D eigenvalue weighted by Crippen LogP contribution is -2.40. The molecule has 1 atom stereocenters. The third-order valence-electron chi connectivity index (χ3n) is 2.73. The lowest BCUT2D eigenvalue weighted by Gasteiger charge is -2.20. The lowest BCUT2D eigenvalue weighted by atomic mass is 10.1. The second kappa shape index (κ2) is 7.65. The third kappa shape index (κ3) is 5.13. The van der Waals surface area contributed by atoms with Crippen LogP contribution in [-0.2, 0) is 11.3 Å². The third-order valence-corrected chi connectivity index (χ3v) is 2.73. The van der Waals surface area contributed by atoms with Crippen molar-refractivity contribution in [2.75, 3.05) is 13.6 Å². The first-order valence-corrected chi connectivity index (χ1v) is 6.07. The number of hydrogen-bond donors (Lipinski definition) is 1. The molecule has 1 aromatic carbocycles. The summed E-state index contributed by atoms with van der Waals surface area (Å²) < 4.78 is 0. The van der Waals surface area contributed by atoms with Crippen LogP contribution in [0.4, 0.5) is 0 Å². The van der Waals surface area contributed by atoms with E-state index in [9.17, 15) is 4.79 Å². The molecule has 0 fully saturated rings. The summed E-state index contributed by atoms with van der Waals surface area (Å²) in [5, 5.41) is 0. The fourth-order valence-electron chi connectivity index (χ4n) is 1.78. The van der Waals surface area contributed by atoms with Gasteiger partial charge in [-0.15, -0.1) is 12.3 Å². The fourth-order valence-corrected chi connectivity index (χ4v) is 1.78. The first-order chi connectivity index (χ1) is 8.63. The summed E-state index contributed by atoms with van der Waals surface area (Å²) in [6, 6.07) is 9.65. The smallest absolute Gasteiger partial charge is 0.151 e. The van der Waals surface area contributed by atoms with Crippen molar-refractivity contribution in [1.29, 1.82) is 0 Å². The van der Waals surface area contributed by atoms with E-state index in [1.54, 1.807) is 0 Å². The normalized spacial score (nSPS) is 12.1. The minimum absolute atomic E-state index is 0.0351. The van der Waals surface area contributed by atoms with Crippen molar-refractivity contribution in [1.82, 2.24) is 4.90 Å². The van der Waals surface area contributed by atoms with Gasteiger partial charge in [-0.25, -0.2) is 0 Å². The first kappa shape index (κ1) is 14.4. The highest BCUT2D eigenvalue weighted by atomic mass is 16.1. The molecule has 0 radical (unpaired) electrons. The Morgan fingerprint density at radius 2 is 2.11 bits per heavy atom. The van der Waals surface area contributed by atoms with E-state index in [2.05, 4.69) is 18.1 Å². The molecule has 0 aliphatic heterocycles. The Morgan fingerprint density at radius 3 is 2.72 bits per heavy atom. The largest absolute Gasteiger partial charge is 0.320 e. The van der Waals surface area contributed by atoms with Crippen LogP contribution in [0.25, 0.3) is 0 Å². The summed E-state index contributed by atoms with van der Waals surface area (Å²) >= 11 is 0. The standard InChI is InChI=1S/C15H20N2O/c1-3-4-10-15(18)14(16)12-17(2)11-13-8-6-5-7-9-13/h1,5-9,14H,4,10-12,16H2,2H3. The van der Waals surface area contributed by atoms with E-state index in [-0.39, 0.29) is 5.78 Å². The molecule has 0 aliphatic carbocycles. The number of carbonyl (C=O) groups is 1. The molecule has 2 N–H and O–H groups in total. The van der Waals surface area contributed by atoms with Crippen LogP contribution >= 0.6 is 0 Å². The minimum atomic E-state index is -0.452. The Hall–Kier alpha value is -1.63. The number of nitrogens with zero attached hydrogens (tertiary/aromatic N) is 1. The monoisotopic (exact) mass is 244 g/mol. The van der Waals surface area contributed by atoms with Crippen LogP contribution in [-0.4, -0.2) is 30.3 Å². The Kier molecular flexibility index (Phi) is 6.13. The van der Waals surface area contributed by atoms with Crippen molar-refractivity contribution < 1.29 is 4.79 Å². The quantitative estimate of drug-likeness (QED) is 0.738. The highest BCUT2D eigenvalue weighted by Gasteiger charge is 2.14. The van der Waals surface area contributed by atoms with Gasteiger partial charge in [0.1, 0.15) is 0 Å². The number of Topliss-reactive ketones (excluding diaryl/α,β-unsaturated/α-hetero) is 1. The SMILES string of the molecule is C#CCCC(=O)C(N)CN(C)Cc1ccccc1. The predicted molar refractivity (Wildman–Crippen MR) is 73.8 cm³/mol. The van der Waals surface area contributed by atoms with Crippen molar-refractivity contribution in [3.63, 3.8) is 0 Å². The van der Waals surface area contributed by atoms with Gasteiger partial charge in [-0.2, -0.15) is 0 Å². The lowest BCUT2D eigenvalue weighted by molar-refractivity contribution is -0.120. The minimum Gasteiger partial charge on any atom is -0.320 e. The molecule has 18 heavy (non-hydrogen) atoms. The summed E-state index contributed by atoms with van der Waals surface area (Å²) in [6.07, 6.45) is 5.97. The Labute approximate surface area is 109 Å². The number of likely N-dealkylation sites (N-methyl/N-ethyl adjacent to an activating group) is 1. The number of terminal acetylenes is 1. The maximum Gasteiger partial charge on any atom is 0.151 e. The molecule has 1 rings (SSSR count). The number of benzene rings is 1. The summed E-state index contributed by atoms with van der Waals surface area (Å²) in [5.41, 5.74) is 7.06. The molecule has 0 saturated heterocycles. The number of rotatable bonds is 7. The summed E-state index contributed by atoms with van der Waals surface area (Å²) in [7, 11) is 1.96. The van der Waals surface area contributed by atoms with Crippen molar-refractivity contribution in [3.05, 3.63) is 35.9 Å². The number of carbonyl (C=O) groups excluding carboxylic acids is 1. The molecular formula is C15H20N2O. The molecule has 1 aromatic rings. The average molecular weight is 244 g/mol. The zero-order valence-electron chi connectivity index (χ0n) is 10.8. The van der Waals surface area contributed by atoms with Crippen LogP contribution < -0.4 is 5.73 Å². The van der Waals surface area contributed by atoms with Gasteiger partial charge < -0.3 is 10.6 Å². The van der Waals surface area contributed by atoms with E-state index in [4.69, 9.17) is 12.2 Å². The molecule has 0 spiro atoms. The average Bonchev–Trinajstić information content (AvgIpc) is 2.36. The first-order valence-electron chi connectivity index (χ1n) is 6.07. The Bertz CT molecular complexity index is 408. The van der Waals surface area contributed by atoms with Crippen molar-refractivity contribution in [3.8, 4) is 12.3 Å².